The van der Waals surface area contributed by atoms with Gasteiger partial charge in [-0.3, -0.25) is 9.59 Å². The van der Waals surface area contributed by atoms with Gasteiger partial charge in [0.2, 0.25) is 5.91 Å². The number of rotatable bonds is 4. The molecular formula is C11H19NO3S. The first-order valence-corrected chi connectivity index (χ1v) is 6.33. The van der Waals surface area contributed by atoms with Crippen molar-refractivity contribution in [1.29, 1.82) is 0 Å². The van der Waals surface area contributed by atoms with E-state index in [1.54, 1.807) is 4.90 Å². The van der Waals surface area contributed by atoms with Crippen LogP contribution in [0, 0.1) is 0 Å². The SMILES string of the molecule is CC(=O)SC1CC(=O)N(C(C)(C)CCO)C1. The zero-order valence-corrected chi connectivity index (χ0v) is 10.8. The molecule has 1 heterocycles. The van der Waals surface area contributed by atoms with E-state index in [1.165, 1.54) is 18.7 Å². The summed E-state index contributed by atoms with van der Waals surface area (Å²) < 4.78 is 0. The van der Waals surface area contributed by atoms with Gasteiger partial charge in [0.1, 0.15) is 0 Å². The predicted octanol–water partition coefficient (Wildman–Crippen LogP) is 1.03. The van der Waals surface area contributed by atoms with Gasteiger partial charge in [0, 0.05) is 37.3 Å². The lowest BCUT2D eigenvalue weighted by Gasteiger charge is -2.35. The lowest BCUT2D eigenvalue weighted by molar-refractivity contribution is -0.132. The molecule has 1 aliphatic heterocycles. The smallest absolute Gasteiger partial charge is 0.224 e. The van der Waals surface area contributed by atoms with Crippen molar-refractivity contribution in [2.24, 2.45) is 0 Å². The Balaban J connectivity index is 2.63. The van der Waals surface area contributed by atoms with E-state index in [0.29, 0.717) is 19.4 Å². The van der Waals surface area contributed by atoms with Crippen LogP contribution in [0.25, 0.3) is 0 Å². The van der Waals surface area contributed by atoms with Gasteiger partial charge in [0.05, 0.1) is 0 Å². The van der Waals surface area contributed by atoms with Crippen LogP contribution >= 0.6 is 11.8 Å². The molecule has 0 aliphatic carbocycles. The Morgan fingerprint density at radius 1 is 1.62 bits per heavy atom. The monoisotopic (exact) mass is 245 g/mol. The molecule has 16 heavy (non-hydrogen) atoms. The topological polar surface area (TPSA) is 57.6 Å². The van der Waals surface area contributed by atoms with Crippen molar-refractivity contribution in [3.05, 3.63) is 0 Å². The van der Waals surface area contributed by atoms with Crippen LogP contribution in [0.4, 0.5) is 0 Å². The van der Waals surface area contributed by atoms with Gasteiger partial charge in [-0.2, -0.15) is 0 Å². The minimum atomic E-state index is -0.321. The summed E-state index contributed by atoms with van der Waals surface area (Å²) in [6.07, 6.45) is 0.995. The van der Waals surface area contributed by atoms with Crippen molar-refractivity contribution in [3.8, 4) is 0 Å². The molecule has 0 aromatic rings. The zero-order valence-electron chi connectivity index (χ0n) is 10.0. The number of aliphatic hydroxyl groups excluding tert-OH is 1. The molecule has 0 saturated carbocycles. The van der Waals surface area contributed by atoms with E-state index in [-0.39, 0.29) is 28.4 Å². The average Bonchev–Trinajstić information content (AvgIpc) is 2.45. The normalized spacial score (nSPS) is 21.6. The standard InChI is InChI=1S/C11H19NO3S/c1-8(14)16-9-6-10(15)12(7-9)11(2,3)4-5-13/h9,13H,4-7H2,1-3H3. The second-order valence-electron chi connectivity index (χ2n) is 4.73. The maximum atomic E-state index is 11.8. The molecule has 0 aromatic heterocycles. The van der Waals surface area contributed by atoms with E-state index >= 15 is 0 Å². The first kappa shape index (κ1) is 13.5. The van der Waals surface area contributed by atoms with E-state index in [4.69, 9.17) is 5.11 Å². The Bertz CT molecular complexity index is 291. The van der Waals surface area contributed by atoms with E-state index in [9.17, 15) is 9.59 Å². The molecule has 92 valence electrons. The fourth-order valence-electron chi connectivity index (χ4n) is 1.98. The van der Waals surface area contributed by atoms with E-state index in [2.05, 4.69) is 0 Å². The second kappa shape index (κ2) is 5.19. The average molecular weight is 245 g/mol. The number of amides is 1. The Hall–Kier alpha value is -0.550. The molecular weight excluding hydrogens is 226 g/mol. The van der Waals surface area contributed by atoms with Crippen LogP contribution in [0.2, 0.25) is 0 Å². The summed E-state index contributed by atoms with van der Waals surface area (Å²) in [6.45, 7) is 6.10. The van der Waals surface area contributed by atoms with Gasteiger partial charge in [-0.05, 0) is 20.3 Å². The second-order valence-corrected chi connectivity index (χ2v) is 6.20. The molecule has 0 aromatic carbocycles. The van der Waals surface area contributed by atoms with Crippen LogP contribution in [0.15, 0.2) is 0 Å². The number of likely N-dealkylation sites (tertiary alicyclic amines) is 1. The van der Waals surface area contributed by atoms with Gasteiger partial charge in [0.15, 0.2) is 5.12 Å². The quantitative estimate of drug-likeness (QED) is 0.803. The number of hydrogen-bond donors (Lipinski definition) is 1. The highest BCUT2D eigenvalue weighted by molar-refractivity contribution is 8.14. The molecule has 0 bridgehead atoms. The Morgan fingerprint density at radius 2 is 2.25 bits per heavy atom. The van der Waals surface area contributed by atoms with Crippen LogP contribution in [-0.4, -0.2) is 45.0 Å². The Kier molecular flexibility index (Phi) is 4.38. The third kappa shape index (κ3) is 3.22. The summed E-state index contributed by atoms with van der Waals surface area (Å²) >= 11 is 1.24. The van der Waals surface area contributed by atoms with Gasteiger partial charge >= 0.3 is 0 Å². The minimum absolute atomic E-state index is 0.0552. The number of hydrogen-bond acceptors (Lipinski definition) is 4. The molecule has 1 fully saturated rings. The molecule has 5 heteroatoms. The zero-order chi connectivity index (χ0) is 12.3. The van der Waals surface area contributed by atoms with E-state index < -0.39 is 0 Å². The summed E-state index contributed by atoms with van der Waals surface area (Å²) in [5.41, 5.74) is -0.321. The third-order valence-corrected chi connectivity index (χ3v) is 3.86. The fourth-order valence-corrected chi connectivity index (χ4v) is 2.90. The van der Waals surface area contributed by atoms with Crippen molar-refractivity contribution < 1.29 is 14.7 Å². The molecule has 1 N–H and O–H groups in total. The highest BCUT2D eigenvalue weighted by Crippen LogP contribution is 2.30. The number of carbonyl (C=O) groups is 2. The highest BCUT2D eigenvalue weighted by atomic mass is 32.2. The molecule has 1 aliphatic rings. The summed E-state index contributed by atoms with van der Waals surface area (Å²) in [5.74, 6) is 0.0807. The molecule has 1 unspecified atom stereocenters. The molecule has 1 rings (SSSR count). The summed E-state index contributed by atoms with van der Waals surface area (Å²) in [6, 6.07) is 0. The molecule has 1 atom stereocenters. The van der Waals surface area contributed by atoms with Crippen molar-refractivity contribution >= 4 is 22.8 Å². The van der Waals surface area contributed by atoms with Crippen LogP contribution in [0.5, 0.6) is 0 Å². The number of thioether (sulfide) groups is 1. The Morgan fingerprint density at radius 3 is 2.75 bits per heavy atom. The Labute approximate surface area is 100 Å². The largest absolute Gasteiger partial charge is 0.396 e. The van der Waals surface area contributed by atoms with Crippen molar-refractivity contribution in [3.63, 3.8) is 0 Å². The third-order valence-electron chi connectivity index (χ3n) is 2.88. The van der Waals surface area contributed by atoms with E-state index in [1.807, 2.05) is 13.8 Å². The van der Waals surface area contributed by atoms with Crippen molar-refractivity contribution in [2.75, 3.05) is 13.2 Å². The first-order chi connectivity index (χ1) is 7.36. The van der Waals surface area contributed by atoms with Gasteiger partial charge in [-0.25, -0.2) is 0 Å². The fraction of sp³-hybridized carbons (Fsp3) is 0.818. The van der Waals surface area contributed by atoms with Gasteiger partial charge < -0.3 is 10.0 Å². The van der Waals surface area contributed by atoms with E-state index in [0.717, 1.165) is 0 Å². The molecule has 0 spiro atoms. The van der Waals surface area contributed by atoms with Crippen molar-refractivity contribution in [1.82, 2.24) is 4.90 Å². The van der Waals surface area contributed by atoms with Gasteiger partial charge in [-0.1, -0.05) is 11.8 Å². The number of carbonyl (C=O) groups excluding carboxylic acids is 2. The highest BCUT2D eigenvalue weighted by Gasteiger charge is 2.38. The lowest BCUT2D eigenvalue weighted by atomic mass is 9.99. The van der Waals surface area contributed by atoms with Crippen molar-refractivity contribution in [2.45, 2.75) is 44.4 Å². The lowest BCUT2D eigenvalue weighted by Crippen LogP contribution is -2.45. The molecule has 1 saturated heterocycles. The minimum Gasteiger partial charge on any atom is -0.396 e. The van der Waals surface area contributed by atoms with Gasteiger partial charge in [0.25, 0.3) is 0 Å². The van der Waals surface area contributed by atoms with Crippen LogP contribution in [0.3, 0.4) is 0 Å². The van der Waals surface area contributed by atoms with Gasteiger partial charge in [-0.15, -0.1) is 0 Å². The predicted molar refractivity (Wildman–Crippen MR) is 64.2 cm³/mol. The molecule has 1 amide bonds. The number of nitrogens with zero attached hydrogens (tertiary/aromatic N) is 1. The summed E-state index contributed by atoms with van der Waals surface area (Å²) in [4.78, 5) is 24.6. The van der Waals surface area contributed by atoms with Crippen LogP contribution < -0.4 is 0 Å². The summed E-state index contributed by atoms with van der Waals surface area (Å²) in [7, 11) is 0. The summed E-state index contributed by atoms with van der Waals surface area (Å²) in [5, 5.41) is 9.09. The number of aliphatic hydroxyl groups is 1. The molecule has 4 nitrogen and oxygen atoms in total. The first-order valence-electron chi connectivity index (χ1n) is 5.45. The maximum absolute atomic E-state index is 11.8. The van der Waals surface area contributed by atoms with Crippen LogP contribution in [-0.2, 0) is 9.59 Å². The van der Waals surface area contributed by atoms with Crippen LogP contribution in [0.1, 0.15) is 33.6 Å². The molecule has 0 radical (unpaired) electrons. The maximum Gasteiger partial charge on any atom is 0.224 e.